The highest BCUT2D eigenvalue weighted by molar-refractivity contribution is 5.83. The van der Waals surface area contributed by atoms with Crippen LogP contribution in [-0.2, 0) is 10.7 Å². The Morgan fingerprint density at radius 1 is 1.21 bits per heavy atom. The third-order valence-corrected chi connectivity index (χ3v) is 1.59. The lowest BCUT2D eigenvalue weighted by Gasteiger charge is -2.13. The molecular weight excluding hydrogens is 202 g/mol. The van der Waals surface area contributed by atoms with Crippen LogP contribution in [-0.4, -0.2) is 5.91 Å². The molecule has 0 aromatic heterocycles. The Hall–Kier alpha value is -1.59. The lowest BCUT2D eigenvalue weighted by atomic mass is 10.1. The quantitative estimate of drug-likeness (QED) is 0.734. The molecule has 6 heteroatoms. The van der Waals surface area contributed by atoms with Gasteiger partial charge in [-0.25, -0.2) is 8.78 Å². The fourth-order valence-corrected chi connectivity index (χ4v) is 0.921. The SMILES string of the molecule is NC(=O)C(F)(F)c1c(F)cccc1F. The minimum atomic E-state index is -4.34. The van der Waals surface area contributed by atoms with Gasteiger partial charge in [-0.3, -0.25) is 4.79 Å². The zero-order chi connectivity index (χ0) is 10.9. The third kappa shape index (κ3) is 1.55. The van der Waals surface area contributed by atoms with E-state index in [2.05, 4.69) is 5.73 Å². The number of primary amides is 1. The summed E-state index contributed by atoms with van der Waals surface area (Å²) in [6.07, 6.45) is 0. The number of carbonyl (C=O) groups is 1. The van der Waals surface area contributed by atoms with E-state index in [-0.39, 0.29) is 0 Å². The maximum absolute atomic E-state index is 12.8. The number of alkyl halides is 2. The standard InChI is InChI=1S/C8H5F4NO/c9-4-2-1-3-5(10)6(4)8(11,12)7(13)14/h1-3H,(H2,13,14). The highest BCUT2D eigenvalue weighted by Crippen LogP contribution is 2.31. The van der Waals surface area contributed by atoms with Crippen molar-refractivity contribution < 1.29 is 22.4 Å². The number of amides is 1. The summed E-state index contributed by atoms with van der Waals surface area (Å²) in [6.45, 7) is 0. The smallest absolute Gasteiger partial charge is 0.355 e. The molecule has 0 heterocycles. The van der Waals surface area contributed by atoms with Gasteiger partial charge in [-0.2, -0.15) is 8.78 Å². The summed E-state index contributed by atoms with van der Waals surface area (Å²) in [6, 6.07) is 2.15. The van der Waals surface area contributed by atoms with Crippen molar-refractivity contribution in [3.63, 3.8) is 0 Å². The first-order valence-corrected chi connectivity index (χ1v) is 3.49. The maximum atomic E-state index is 12.8. The van der Waals surface area contributed by atoms with Gasteiger partial charge in [0.2, 0.25) is 0 Å². The van der Waals surface area contributed by atoms with Crippen LogP contribution in [0, 0.1) is 11.6 Å². The van der Waals surface area contributed by atoms with Crippen molar-refractivity contribution in [3.8, 4) is 0 Å². The van der Waals surface area contributed by atoms with Crippen molar-refractivity contribution in [2.75, 3.05) is 0 Å². The van der Waals surface area contributed by atoms with Crippen LogP contribution >= 0.6 is 0 Å². The summed E-state index contributed by atoms with van der Waals surface area (Å²) in [7, 11) is 0. The maximum Gasteiger partial charge on any atom is 0.355 e. The molecule has 2 N–H and O–H groups in total. The van der Waals surface area contributed by atoms with Crippen LogP contribution in [0.1, 0.15) is 5.56 Å². The van der Waals surface area contributed by atoms with Crippen LogP contribution in [0.3, 0.4) is 0 Å². The first-order valence-electron chi connectivity index (χ1n) is 3.49. The molecule has 1 aromatic carbocycles. The van der Waals surface area contributed by atoms with Gasteiger partial charge in [0.1, 0.15) is 17.2 Å². The summed E-state index contributed by atoms with van der Waals surface area (Å²) in [5, 5.41) is 0. The molecule has 0 atom stereocenters. The number of rotatable bonds is 2. The lowest BCUT2D eigenvalue weighted by Crippen LogP contribution is -2.34. The van der Waals surface area contributed by atoms with Gasteiger partial charge in [0.25, 0.3) is 5.91 Å². The van der Waals surface area contributed by atoms with E-state index in [1.54, 1.807) is 0 Å². The predicted octanol–water partition coefficient (Wildman–Crippen LogP) is 1.54. The molecule has 0 radical (unpaired) electrons. The van der Waals surface area contributed by atoms with Crippen molar-refractivity contribution >= 4 is 5.91 Å². The van der Waals surface area contributed by atoms with Crippen LogP contribution in [0.25, 0.3) is 0 Å². The molecule has 0 aliphatic rings. The van der Waals surface area contributed by atoms with Crippen LogP contribution in [0.2, 0.25) is 0 Å². The van der Waals surface area contributed by atoms with Gasteiger partial charge < -0.3 is 5.73 Å². The fourth-order valence-electron chi connectivity index (χ4n) is 0.921. The Balaban J connectivity index is 3.38. The molecule has 0 fully saturated rings. The number of carbonyl (C=O) groups excluding carboxylic acids is 1. The van der Waals surface area contributed by atoms with E-state index in [0.29, 0.717) is 12.1 Å². The van der Waals surface area contributed by atoms with Gasteiger partial charge in [-0.15, -0.1) is 0 Å². The topological polar surface area (TPSA) is 43.1 Å². The second-order valence-corrected chi connectivity index (χ2v) is 2.54. The van der Waals surface area contributed by atoms with Crippen molar-refractivity contribution in [2.45, 2.75) is 5.92 Å². The monoisotopic (exact) mass is 207 g/mol. The molecule has 2 nitrogen and oxygen atoms in total. The first kappa shape index (κ1) is 10.5. The number of nitrogens with two attached hydrogens (primary N) is 1. The Kier molecular flexibility index (Phi) is 2.46. The average molecular weight is 207 g/mol. The molecule has 76 valence electrons. The fraction of sp³-hybridized carbons (Fsp3) is 0.125. The molecule has 0 aliphatic carbocycles. The summed E-state index contributed by atoms with van der Waals surface area (Å²) < 4.78 is 51.2. The minimum absolute atomic E-state index is 0.620. The van der Waals surface area contributed by atoms with Gasteiger partial charge in [-0.05, 0) is 12.1 Å². The molecule has 0 saturated heterocycles. The third-order valence-electron chi connectivity index (χ3n) is 1.59. The van der Waals surface area contributed by atoms with Gasteiger partial charge in [0, 0.05) is 0 Å². The highest BCUT2D eigenvalue weighted by Gasteiger charge is 2.43. The summed E-state index contributed by atoms with van der Waals surface area (Å²) in [5.41, 5.74) is 2.70. The summed E-state index contributed by atoms with van der Waals surface area (Å²) in [5.74, 6) is -9.45. The van der Waals surface area contributed by atoms with Crippen LogP contribution in [0.15, 0.2) is 18.2 Å². The van der Waals surface area contributed by atoms with Crippen molar-refractivity contribution in [1.82, 2.24) is 0 Å². The van der Waals surface area contributed by atoms with Crippen LogP contribution < -0.4 is 5.73 Å². The lowest BCUT2D eigenvalue weighted by molar-refractivity contribution is -0.144. The number of benzene rings is 1. The van der Waals surface area contributed by atoms with Gasteiger partial charge in [0.05, 0.1) is 0 Å². The van der Waals surface area contributed by atoms with Gasteiger partial charge in [-0.1, -0.05) is 6.07 Å². The highest BCUT2D eigenvalue weighted by atomic mass is 19.3. The molecular formula is C8H5F4NO. The van der Waals surface area contributed by atoms with E-state index in [1.807, 2.05) is 0 Å². The van der Waals surface area contributed by atoms with Crippen molar-refractivity contribution in [1.29, 1.82) is 0 Å². The predicted molar refractivity (Wildman–Crippen MR) is 39.4 cm³/mol. The van der Waals surface area contributed by atoms with E-state index in [1.165, 1.54) is 0 Å². The molecule has 0 unspecified atom stereocenters. The first-order chi connectivity index (χ1) is 6.37. The molecule has 0 bridgehead atoms. The summed E-state index contributed by atoms with van der Waals surface area (Å²) in [4.78, 5) is 10.3. The molecule has 0 aliphatic heterocycles. The molecule has 0 saturated carbocycles. The second-order valence-electron chi connectivity index (χ2n) is 2.54. The zero-order valence-corrected chi connectivity index (χ0v) is 6.73. The number of hydrogen-bond acceptors (Lipinski definition) is 1. The Bertz CT molecular complexity index is 357. The van der Waals surface area contributed by atoms with E-state index in [9.17, 15) is 22.4 Å². The van der Waals surface area contributed by atoms with Crippen molar-refractivity contribution in [3.05, 3.63) is 35.4 Å². The second kappa shape index (κ2) is 3.28. The molecule has 1 aromatic rings. The molecule has 0 spiro atoms. The molecule has 1 rings (SSSR count). The minimum Gasteiger partial charge on any atom is -0.364 e. The Morgan fingerprint density at radius 3 is 2.00 bits per heavy atom. The van der Waals surface area contributed by atoms with E-state index >= 15 is 0 Å². The van der Waals surface area contributed by atoms with Crippen molar-refractivity contribution in [2.24, 2.45) is 5.73 Å². The molecule has 1 amide bonds. The normalized spacial score (nSPS) is 11.4. The Labute approximate surface area is 76.3 Å². The van der Waals surface area contributed by atoms with E-state index < -0.39 is 29.0 Å². The largest absolute Gasteiger partial charge is 0.364 e. The number of hydrogen-bond donors (Lipinski definition) is 1. The zero-order valence-electron chi connectivity index (χ0n) is 6.73. The van der Waals surface area contributed by atoms with E-state index in [4.69, 9.17) is 0 Å². The summed E-state index contributed by atoms with van der Waals surface area (Å²) >= 11 is 0. The van der Waals surface area contributed by atoms with E-state index in [0.717, 1.165) is 6.07 Å². The average Bonchev–Trinajstić information content (AvgIpc) is 2.02. The van der Waals surface area contributed by atoms with Gasteiger partial charge >= 0.3 is 5.92 Å². The van der Waals surface area contributed by atoms with Crippen LogP contribution in [0.5, 0.6) is 0 Å². The Morgan fingerprint density at radius 2 is 1.64 bits per heavy atom. The number of halogens is 4. The van der Waals surface area contributed by atoms with Gasteiger partial charge in [0.15, 0.2) is 0 Å². The van der Waals surface area contributed by atoms with Crippen LogP contribution in [0.4, 0.5) is 17.6 Å². The molecule has 14 heavy (non-hydrogen) atoms.